The highest BCUT2D eigenvalue weighted by Crippen LogP contribution is 2.22. The summed E-state index contributed by atoms with van der Waals surface area (Å²) >= 11 is 0. The SMILES string of the molecule is O=C(CNC(=O)c1cccc(OC(F)F)c1)NCc1ccc(Oc2ccc(F)cc2)cc1. The normalized spacial score (nSPS) is 10.5. The van der Waals surface area contributed by atoms with Gasteiger partial charge in [0.25, 0.3) is 5.91 Å². The number of ether oxygens (including phenoxy) is 2. The van der Waals surface area contributed by atoms with Gasteiger partial charge in [-0.25, -0.2) is 4.39 Å². The van der Waals surface area contributed by atoms with Crippen LogP contribution in [0, 0.1) is 5.82 Å². The molecule has 0 spiro atoms. The minimum Gasteiger partial charge on any atom is -0.457 e. The van der Waals surface area contributed by atoms with Crippen LogP contribution in [0.5, 0.6) is 17.2 Å². The summed E-state index contributed by atoms with van der Waals surface area (Å²) in [4.78, 5) is 24.1. The van der Waals surface area contributed by atoms with Gasteiger partial charge in [0.05, 0.1) is 6.54 Å². The zero-order valence-corrected chi connectivity index (χ0v) is 16.7. The number of nitrogens with one attached hydrogen (secondary N) is 2. The van der Waals surface area contributed by atoms with E-state index < -0.39 is 18.4 Å². The summed E-state index contributed by atoms with van der Waals surface area (Å²) in [7, 11) is 0. The molecule has 0 radical (unpaired) electrons. The summed E-state index contributed by atoms with van der Waals surface area (Å²) < 4.78 is 47.3. The molecule has 3 rings (SSSR count). The summed E-state index contributed by atoms with van der Waals surface area (Å²) in [6.45, 7) is -3.06. The molecule has 9 heteroatoms. The lowest BCUT2D eigenvalue weighted by atomic mass is 10.2. The van der Waals surface area contributed by atoms with Gasteiger partial charge in [0.1, 0.15) is 23.1 Å². The van der Waals surface area contributed by atoms with Crippen LogP contribution in [0.3, 0.4) is 0 Å². The van der Waals surface area contributed by atoms with Gasteiger partial charge in [0.15, 0.2) is 0 Å². The third kappa shape index (κ3) is 7.05. The van der Waals surface area contributed by atoms with Gasteiger partial charge in [0.2, 0.25) is 5.91 Å². The summed E-state index contributed by atoms with van der Waals surface area (Å²) in [6.07, 6.45) is 0. The van der Waals surface area contributed by atoms with E-state index >= 15 is 0 Å². The number of halogens is 3. The first-order valence-corrected chi connectivity index (χ1v) is 9.51. The highest BCUT2D eigenvalue weighted by atomic mass is 19.3. The summed E-state index contributed by atoms with van der Waals surface area (Å²) in [5.41, 5.74) is 0.890. The Balaban J connectivity index is 1.43. The molecule has 0 atom stereocenters. The van der Waals surface area contributed by atoms with E-state index in [1.165, 1.54) is 42.5 Å². The van der Waals surface area contributed by atoms with Gasteiger partial charge >= 0.3 is 6.61 Å². The van der Waals surface area contributed by atoms with Gasteiger partial charge in [-0.2, -0.15) is 8.78 Å². The monoisotopic (exact) mass is 444 g/mol. The van der Waals surface area contributed by atoms with E-state index in [1.54, 1.807) is 24.3 Å². The second kappa shape index (κ2) is 10.9. The molecule has 0 aliphatic rings. The standard InChI is InChI=1S/C23H19F3N2O4/c24-17-6-10-19(11-7-17)31-18-8-4-15(5-9-18)13-27-21(29)14-28-22(30)16-2-1-3-20(12-16)32-23(25)26/h1-12,23H,13-14H2,(H,27,29)(H,28,30). The Morgan fingerprint density at radius 1 is 0.844 bits per heavy atom. The number of hydrogen-bond acceptors (Lipinski definition) is 4. The van der Waals surface area contributed by atoms with Crippen molar-refractivity contribution < 1.29 is 32.2 Å². The van der Waals surface area contributed by atoms with E-state index in [0.29, 0.717) is 11.5 Å². The van der Waals surface area contributed by atoms with Crippen LogP contribution in [-0.2, 0) is 11.3 Å². The number of alkyl halides is 2. The third-order valence-electron chi connectivity index (χ3n) is 4.19. The molecular weight excluding hydrogens is 425 g/mol. The fourth-order valence-electron chi connectivity index (χ4n) is 2.65. The maximum atomic E-state index is 12.9. The molecule has 0 unspecified atom stereocenters. The Kier molecular flexibility index (Phi) is 7.69. The van der Waals surface area contributed by atoms with Gasteiger partial charge in [-0.1, -0.05) is 18.2 Å². The molecule has 0 aliphatic carbocycles. The van der Waals surface area contributed by atoms with Crippen LogP contribution >= 0.6 is 0 Å². The van der Waals surface area contributed by atoms with Crippen molar-refractivity contribution in [2.24, 2.45) is 0 Å². The topological polar surface area (TPSA) is 76.7 Å². The van der Waals surface area contributed by atoms with E-state index in [0.717, 1.165) is 11.6 Å². The molecule has 166 valence electrons. The van der Waals surface area contributed by atoms with Crippen LogP contribution < -0.4 is 20.1 Å². The summed E-state index contributed by atoms with van der Waals surface area (Å²) in [5, 5.41) is 5.07. The molecule has 0 saturated carbocycles. The Morgan fingerprint density at radius 2 is 1.50 bits per heavy atom. The van der Waals surface area contributed by atoms with Crippen LogP contribution in [-0.4, -0.2) is 25.0 Å². The molecule has 3 aromatic carbocycles. The van der Waals surface area contributed by atoms with E-state index in [4.69, 9.17) is 4.74 Å². The van der Waals surface area contributed by atoms with Crippen molar-refractivity contribution in [2.45, 2.75) is 13.2 Å². The number of rotatable bonds is 9. The van der Waals surface area contributed by atoms with Crippen molar-refractivity contribution in [1.29, 1.82) is 0 Å². The maximum absolute atomic E-state index is 12.9. The van der Waals surface area contributed by atoms with Gasteiger partial charge in [-0.05, 0) is 60.2 Å². The molecule has 0 aromatic heterocycles. The Labute approximate surface area is 182 Å². The van der Waals surface area contributed by atoms with Crippen LogP contribution in [0.1, 0.15) is 15.9 Å². The number of benzene rings is 3. The molecule has 6 nitrogen and oxygen atoms in total. The first kappa shape index (κ1) is 22.7. The number of carbonyl (C=O) groups excluding carboxylic acids is 2. The van der Waals surface area contributed by atoms with Crippen molar-refractivity contribution in [3.8, 4) is 17.2 Å². The lowest BCUT2D eigenvalue weighted by molar-refractivity contribution is -0.120. The first-order chi connectivity index (χ1) is 15.4. The second-order valence-electron chi connectivity index (χ2n) is 6.57. The fraction of sp³-hybridized carbons (Fsp3) is 0.130. The average molecular weight is 444 g/mol. The Hall–Kier alpha value is -4.01. The van der Waals surface area contributed by atoms with Crippen molar-refractivity contribution >= 4 is 11.8 Å². The molecule has 0 heterocycles. The van der Waals surface area contributed by atoms with Crippen LogP contribution in [0.4, 0.5) is 13.2 Å². The number of hydrogen-bond donors (Lipinski definition) is 2. The fourth-order valence-corrected chi connectivity index (χ4v) is 2.65. The van der Waals surface area contributed by atoms with Crippen molar-refractivity contribution in [1.82, 2.24) is 10.6 Å². The molecule has 32 heavy (non-hydrogen) atoms. The van der Waals surface area contributed by atoms with Gasteiger partial charge in [0, 0.05) is 12.1 Å². The molecule has 2 N–H and O–H groups in total. The van der Waals surface area contributed by atoms with Crippen molar-refractivity contribution in [2.75, 3.05) is 6.54 Å². The van der Waals surface area contributed by atoms with E-state index in [2.05, 4.69) is 15.4 Å². The smallest absolute Gasteiger partial charge is 0.387 e. The van der Waals surface area contributed by atoms with E-state index in [-0.39, 0.29) is 30.2 Å². The third-order valence-corrected chi connectivity index (χ3v) is 4.19. The quantitative estimate of drug-likeness (QED) is 0.517. The van der Waals surface area contributed by atoms with Gasteiger partial charge in [-0.15, -0.1) is 0 Å². The minimum atomic E-state index is -3.00. The molecule has 0 aliphatic heterocycles. The van der Waals surface area contributed by atoms with E-state index in [9.17, 15) is 22.8 Å². The second-order valence-corrected chi connectivity index (χ2v) is 6.57. The molecule has 2 amide bonds. The molecule has 3 aromatic rings. The highest BCUT2D eigenvalue weighted by Gasteiger charge is 2.11. The predicted molar refractivity (Wildman–Crippen MR) is 110 cm³/mol. The van der Waals surface area contributed by atoms with Crippen molar-refractivity contribution in [3.05, 3.63) is 89.7 Å². The molecule has 0 bridgehead atoms. The lowest BCUT2D eigenvalue weighted by Crippen LogP contribution is -2.36. The predicted octanol–water partition coefficient (Wildman–Crippen LogP) is 4.27. The lowest BCUT2D eigenvalue weighted by Gasteiger charge is -2.09. The highest BCUT2D eigenvalue weighted by molar-refractivity contribution is 5.96. The van der Waals surface area contributed by atoms with E-state index in [1.807, 2.05) is 0 Å². The minimum absolute atomic E-state index is 0.0905. The van der Waals surface area contributed by atoms with Crippen LogP contribution in [0.15, 0.2) is 72.8 Å². The molecule has 0 saturated heterocycles. The Bertz CT molecular complexity index is 1060. The van der Waals surface area contributed by atoms with Gasteiger partial charge in [-0.3, -0.25) is 9.59 Å². The largest absolute Gasteiger partial charge is 0.457 e. The molecule has 0 fully saturated rings. The van der Waals surface area contributed by atoms with Gasteiger partial charge < -0.3 is 20.1 Å². The summed E-state index contributed by atoms with van der Waals surface area (Å²) in [6, 6.07) is 17.8. The zero-order valence-electron chi connectivity index (χ0n) is 16.7. The van der Waals surface area contributed by atoms with Crippen LogP contribution in [0.2, 0.25) is 0 Å². The maximum Gasteiger partial charge on any atom is 0.387 e. The summed E-state index contributed by atoms with van der Waals surface area (Å²) in [5.74, 6) is -0.475. The molecular formula is C23H19F3N2O4. The van der Waals surface area contributed by atoms with Crippen LogP contribution in [0.25, 0.3) is 0 Å². The first-order valence-electron chi connectivity index (χ1n) is 9.51. The average Bonchev–Trinajstić information content (AvgIpc) is 2.78. The number of carbonyl (C=O) groups is 2. The number of amides is 2. The van der Waals surface area contributed by atoms with Crippen molar-refractivity contribution in [3.63, 3.8) is 0 Å². The zero-order chi connectivity index (χ0) is 22.9. The Morgan fingerprint density at radius 3 is 2.16 bits per heavy atom.